The lowest BCUT2D eigenvalue weighted by Gasteiger charge is -2.22. The molecule has 35 heavy (non-hydrogen) atoms. The number of ketones is 1. The summed E-state index contributed by atoms with van der Waals surface area (Å²) < 4.78 is 5.63. The minimum atomic E-state index is -0.481. The molecule has 0 spiro atoms. The Labute approximate surface area is 206 Å². The molecule has 0 radical (unpaired) electrons. The number of thiophene rings is 1. The predicted molar refractivity (Wildman–Crippen MR) is 140 cm³/mol. The van der Waals surface area contributed by atoms with Crippen molar-refractivity contribution < 1.29 is 14.3 Å². The van der Waals surface area contributed by atoms with Crippen molar-refractivity contribution in [1.82, 2.24) is 9.97 Å². The van der Waals surface area contributed by atoms with Crippen LogP contribution in [0.2, 0.25) is 0 Å². The van der Waals surface area contributed by atoms with E-state index in [0.717, 1.165) is 62.8 Å². The summed E-state index contributed by atoms with van der Waals surface area (Å²) >= 11 is 1.68. The minimum absolute atomic E-state index is 0.235. The van der Waals surface area contributed by atoms with Crippen molar-refractivity contribution in [3.8, 4) is 0 Å². The molecule has 2 aromatic carbocycles. The van der Waals surface area contributed by atoms with Crippen LogP contribution in [0.15, 0.2) is 72.2 Å². The van der Waals surface area contributed by atoms with E-state index < -0.39 is 5.97 Å². The molecule has 5 nitrogen and oxygen atoms in total. The average Bonchev–Trinajstić information content (AvgIpc) is 3.56. The number of nitrogens with one attached hydrogen (secondary N) is 1. The summed E-state index contributed by atoms with van der Waals surface area (Å²) in [5.41, 5.74) is 5.57. The number of fused-ring (bicyclic) bond motifs is 3. The number of nitrogens with zero attached hydrogens (tertiary/aromatic N) is 1. The number of Topliss-reactive ketones (excluding diaryl/α,β-unsaturated/α-hetero) is 1. The molecular weight excluding hydrogens is 456 g/mol. The zero-order valence-electron chi connectivity index (χ0n) is 18.9. The lowest BCUT2D eigenvalue weighted by atomic mass is 9.86. The van der Waals surface area contributed by atoms with Crippen molar-refractivity contribution >= 4 is 56.5 Å². The van der Waals surface area contributed by atoms with Gasteiger partial charge in [0.1, 0.15) is 0 Å². The van der Waals surface area contributed by atoms with Crippen LogP contribution in [0.25, 0.3) is 33.5 Å². The van der Waals surface area contributed by atoms with Gasteiger partial charge in [0, 0.05) is 32.9 Å². The molecule has 1 aliphatic rings. The molecule has 0 saturated heterocycles. The lowest BCUT2D eigenvalue weighted by Crippen LogP contribution is -2.18. The number of aromatic amines is 1. The number of aromatic nitrogens is 2. The highest BCUT2D eigenvalue weighted by atomic mass is 32.1. The Hall–Kier alpha value is -4.03. The molecule has 6 rings (SSSR count). The van der Waals surface area contributed by atoms with Crippen molar-refractivity contribution in [3.63, 3.8) is 0 Å². The van der Waals surface area contributed by atoms with E-state index in [4.69, 9.17) is 9.72 Å². The fourth-order valence-electron chi connectivity index (χ4n) is 4.84. The molecule has 1 aliphatic carbocycles. The normalized spacial score (nSPS) is 14.3. The number of hydrogen-bond donors (Lipinski definition) is 1. The number of hydrogen-bond acceptors (Lipinski definition) is 5. The molecule has 0 aliphatic heterocycles. The van der Waals surface area contributed by atoms with Crippen molar-refractivity contribution in [3.05, 3.63) is 99.5 Å². The van der Waals surface area contributed by atoms with E-state index >= 15 is 0 Å². The van der Waals surface area contributed by atoms with Crippen LogP contribution in [0.5, 0.6) is 0 Å². The van der Waals surface area contributed by atoms with Crippen molar-refractivity contribution in [1.29, 1.82) is 0 Å². The van der Waals surface area contributed by atoms with Crippen LogP contribution < -0.4 is 0 Å². The van der Waals surface area contributed by atoms with Gasteiger partial charge in [0.25, 0.3) is 0 Å². The van der Waals surface area contributed by atoms with Gasteiger partial charge in [0.05, 0.1) is 16.8 Å². The van der Waals surface area contributed by atoms with Crippen molar-refractivity contribution in [2.45, 2.75) is 19.3 Å². The summed E-state index contributed by atoms with van der Waals surface area (Å²) in [7, 11) is 0. The second-order valence-electron chi connectivity index (χ2n) is 8.62. The summed E-state index contributed by atoms with van der Waals surface area (Å²) in [5, 5.41) is 3.63. The van der Waals surface area contributed by atoms with Crippen LogP contribution in [0.4, 0.5) is 0 Å². The zero-order chi connectivity index (χ0) is 23.8. The Bertz CT molecular complexity index is 1610. The highest BCUT2D eigenvalue weighted by Gasteiger charge is 2.26. The maximum absolute atomic E-state index is 13.5. The van der Waals surface area contributed by atoms with Gasteiger partial charge < -0.3 is 9.72 Å². The number of esters is 1. The first-order valence-electron chi connectivity index (χ1n) is 11.6. The number of carbonyl (C=O) groups is 2. The van der Waals surface area contributed by atoms with Gasteiger partial charge >= 0.3 is 5.97 Å². The molecule has 5 aromatic rings. The molecule has 6 heteroatoms. The highest BCUT2D eigenvalue weighted by molar-refractivity contribution is 7.10. The topological polar surface area (TPSA) is 72.1 Å². The van der Waals surface area contributed by atoms with E-state index in [1.54, 1.807) is 17.5 Å². The van der Waals surface area contributed by atoms with Crippen molar-refractivity contribution in [2.24, 2.45) is 0 Å². The Morgan fingerprint density at radius 1 is 1.00 bits per heavy atom. The lowest BCUT2D eigenvalue weighted by molar-refractivity contribution is 0.0476. The molecule has 0 amide bonds. The maximum Gasteiger partial charge on any atom is 0.339 e. The number of rotatable bonds is 5. The van der Waals surface area contributed by atoms with Crippen LogP contribution in [0.1, 0.15) is 49.7 Å². The van der Waals surface area contributed by atoms with Gasteiger partial charge in [-0.2, -0.15) is 0 Å². The summed E-state index contributed by atoms with van der Waals surface area (Å²) in [6.07, 6.45) is 6.42. The standard InChI is InChI=1S/C29H22N2O3S/c32-26(23-16-30-24-12-3-1-9-20(23)24)17-34-29(33)27-21-10-2-4-13-25(21)31-28-18(7-5-11-22(27)28)15-19-8-6-14-35-19/h1-4,6,8-10,12-16,30H,5,7,11,17H2. The number of benzene rings is 2. The van der Waals surface area contributed by atoms with Crippen LogP contribution in [0.3, 0.4) is 0 Å². The van der Waals surface area contributed by atoms with Gasteiger partial charge in [-0.1, -0.05) is 42.5 Å². The highest BCUT2D eigenvalue weighted by Crippen LogP contribution is 2.37. The molecule has 172 valence electrons. The summed E-state index contributed by atoms with van der Waals surface area (Å²) in [6, 6.07) is 19.3. The number of ether oxygens (including phenoxy) is 1. The minimum Gasteiger partial charge on any atom is -0.454 e. The SMILES string of the molecule is O=C(OCC(=O)c1c[nH]c2ccccc12)c1c2c(nc3ccccc13)C(=Cc1cccs1)CCC2. The number of pyridine rings is 1. The largest absolute Gasteiger partial charge is 0.454 e. The van der Waals surface area contributed by atoms with Gasteiger partial charge in [-0.15, -0.1) is 11.3 Å². The van der Waals surface area contributed by atoms with Crippen LogP contribution in [-0.2, 0) is 11.2 Å². The Morgan fingerprint density at radius 2 is 1.83 bits per heavy atom. The van der Waals surface area contributed by atoms with Gasteiger partial charge in [0.2, 0.25) is 5.78 Å². The average molecular weight is 479 g/mol. The van der Waals surface area contributed by atoms with Gasteiger partial charge in [-0.25, -0.2) is 9.78 Å². The Kier molecular flexibility index (Phi) is 5.51. The van der Waals surface area contributed by atoms with E-state index in [1.807, 2.05) is 54.6 Å². The predicted octanol–water partition coefficient (Wildman–Crippen LogP) is 6.69. The monoisotopic (exact) mass is 478 g/mol. The fourth-order valence-corrected chi connectivity index (χ4v) is 5.52. The first-order chi connectivity index (χ1) is 17.2. The molecule has 0 saturated carbocycles. The first-order valence-corrected chi connectivity index (χ1v) is 12.5. The Balaban J connectivity index is 1.36. The molecule has 3 heterocycles. The first kappa shape index (κ1) is 21.5. The number of H-pyrrole nitrogens is 1. The number of allylic oxidation sites excluding steroid dienone is 1. The molecule has 1 N–H and O–H groups in total. The molecule has 0 atom stereocenters. The number of carbonyl (C=O) groups excluding carboxylic acids is 2. The summed E-state index contributed by atoms with van der Waals surface area (Å²) in [6.45, 7) is -0.315. The smallest absolute Gasteiger partial charge is 0.339 e. The maximum atomic E-state index is 13.5. The van der Waals surface area contributed by atoms with Gasteiger partial charge in [0.15, 0.2) is 6.61 Å². The van der Waals surface area contributed by atoms with E-state index in [-0.39, 0.29) is 12.4 Å². The molecule has 0 fully saturated rings. The van der Waals surface area contributed by atoms with Crippen molar-refractivity contribution in [2.75, 3.05) is 6.61 Å². The van der Waals surface area contributed by atoms with Crippen LogP contribution in [-0.4, -0.2) is 28.3 Å². The second kappa shape index (κ2) is 8.96. The number of para-hydroxylation sites is 2. The third-order valence-electron chi connectivity index (χ3n) is 6.46. The second-order valence-corrected chi connectivity index (χ2v) is 9.60. The van der Waals surface area contributed by atoms with E-state index in [2.05, 4.69) is 22.5 Å². The quantitative estimate of drug-likeness (QED) is 0.225. The van der Waals surface area contributed by atoms with E-state index in [9.17, 15) is 9.59 Å². The summed E-state index contributed by atoms with van der Waals surface area (Å²) in [4.78, 5) is 35.6. The molecule has 3 aromatic heterocycles. The third-order valence-corrected chi connectivity index (χ3v) is 7.28. The molecule has 0 unspecified atom stereocenters. The Morgan fingerprint density at radius 3 is 2.69 bits per heavy atom. The fraction of sp³-hybridized carbons (Fsp3) is 0.138. The van der Waals surface area contributed by atoms with Crippen LogP contribution in [0, 0.1) is 0 Å². The van der Waals surface area contributed by atoms with Gasteiger partial charge in [-0.05, 0) is 60.1 Å². The molecule has 0 bridgehead atoms. The zero-order valence-corrected chi connectivity index (χ0v) is 19.7. The van der Waals surface area contributed by atoms with E-state index in [1.165, 1.54) is 0 Å². The van der Waals surface area contributed by atoms with Crippen LogP contribution >= 0.6 is 11.3 Å². The van der Waals surface area contributed by atoms with E-state index in [0.29, 0.717) is 11.1 Å². The van der Waals surface area contributed by atoms with Gasteiger partial charge in [-0.3, -0.25) is 4.79 Å². The third kappa shape index (κ3) is 3.96. The molecular formula is C29H22N2O3S. The summed E-state index contributed by atoms with van der Waals surface area (Å²) in [5.74, 6) is -0.716.